The quantitative estimate of drug-likeness (QED) is 0.387. The summed E-state index contributed by atoms with van der Waals surface area (Å²) in [5.74, 6) is 0.00973. The van der Waals surface area contributed by atoms with Crippen LogP contribution in [0.5, 0.6) is 5.88 Å². The van der Waals surface area contributed by atoms with Crippen molar-refractivity contribution in [3.05, 3.63) is 90.3 Å². The van der Waals surface area contributed by atoms with Gasteiger partial charge in [-0.2, -0.15) is 9.97 Å². The second-order valence-electron chi connectivity index (χ2n) is 8.54. The van der Waals surface area contributed by atoms with Crippen molar-refractivity contribution in [1.29, 1.82) is 0 Å². The SMILES string of the molecule is C=C1CCC(O)(n2cnc3c(OCc4ccccc4)nc(N)nc32)C1COCc1ccccc1. The molecule has 1 aliphatic carbocycles. The van der Waals surface area contributed by atoms with Gasteiger partial charge in [-0.3, -0.25) is 4.57 Å². The lowest BCUT2D eigenvalue weighted by molar-refractivity contribution is -0.0884. The van der Waals surface area contributed by atoms with Gasteiger partial charge >= 0.3 is 0 Å². The summed E-state index contributed by atoms with van der Waals surface area (Å²) in [7, 11) is 0. The maximum absolute atomic E-state index is 11.8. The van der Waals surface area contributed by atoms with Gasteiger partial charge in [-0.1, -0.05) is 72.8 Å². The van der Waals surface area contributed by atoms with E-state index in [0.29, 0.717) is 43.8 Å². The molecule has 8 nitrogen and oxygen atoms in total. The van der Waals surface area contributed by atoms with Gasteiger partial charge in [0.05, 0.1) is 25.5 Å². The molecular formula is C26H27N5O3. The number of aliphatic hydroxyl groups is 1. The molecule has 5 rings (SSSR count). The molecule has 3 N–H and O–H groups in total. The molecule has 1 fully saturated rings. The number of benzene rings is 2. The fraction of sp³-hybridized carbons (Fsp3) is 0.269. The molecule has 0 aliphatic heterocycles. The summed E-state index contributed by atoms with van der Waals surface area (Å²) in [6.07, 6.45) is 2.71. The molecule has 0 spiro atoms. The van der Waals surface area contributed by atoms with E-state index in [1.54, 1.807) is 10.9 Å². The molecule has 4 aromatic rings. The molecule has 0 radical (unpaired) electrons. The maximum Gasteiger partial charge on any atom is 0.247 e. The highest BCUT2D eigenvalue weighted by atomic mass is 16.5. The average molecular weight is 458 g/mol. The number of nitrogens with two attached hydrogens (primary N) is 1. The summed E-state index contributed by atoms with van der Waals surface area (Å²) in [6, 6.07) is 19.7. The standard InChI is InChI=1S/C26H27N5O3/c1-18-12-13-26(32,21(18)16-33-14-19-8-4-2-5-9-19)31-17-28-22-23(31)29-25(27)30-24(22)34-15-20-10-6-3-7-11-20/h2-11,17,21,32H,1,12-16H2,(H2,27,29,30). The molecule has 2 unspecified atom stereocenters. The van der Waals surface area contributed by atoms with Crippen molar-refractivity contribution in [2.24, 2.45) is 5.92 Å². The fourth-order valence-electron chi connectivity index (χ4n) is 4.43. The average Bonchev–Trinajstić information content (AvgIpc) is 3.41. The topological polar surface area (TPSA) is 108 Å². The fourth-order valence-corrected chi connectivity index (χ4v) is 4.43. The van der Waals surface area contributed by atoms with Crippen LogP contribution in [0.1, 0.15) is 24.0 Å². The van der Waals surface area contributed by atoms with Gasteiger partial charge in [0, 0.05) is 0 Å². The largest absolute Gasteiger partial charge is 0.471 e. The summed E-state index contributed by atoms with van der Waals surface area (Å²) in [5, 5.41) is 11.8. The summed E-state index contributed by atoms with van der Waals surface area (Å²) in [5.41, 5.74) is 8.57. The Kier molecular flexibility index (Phi) is 6.00. The van der Waals surface area contributed by atoms with E-state index in [2.05, 4.69) is 21.5 Å². The molecule has 1 aliphatic rings. The molecule has 0 bridgehead atoms. The second-order valence-corrected chi connectivity index (χ2v) is 8.54. The zero-order valence-electron chi connectivity index (χ0n) is 18.8. The molecule has 0 amide bonds. The first kappa shape index (κ1) is 22.1. The van der Waals surface area contributed by atoms with Crippen LogP contribution in [-0.4, -0.2) is 31.2 Å². The third-order valence-corrected chi connectivity index (χ3v) is 6.28. The molecule has 2 heterocycles. The zero-order valence-corrected chi connectivity index (χ0v) is 18.8. The van der Waals surface area contributed by atoms with Gasteiger partial charge in [0.2, 0.25) is 11.8 Å². The van der Waals surface area contributed by atoms with Crippen LogP contribution >= 0.6 is 0 Å². The minimum Gasteiger partial charge on any atom is -0.471 e. The molecule has 2 atom stereocenters. The van der Waals surface area contributed by atoms with E-state index in [-0.39, 0.29) is 17.7 Å². The first-order valence-corrected chi connectivity index (χ1v) is 11.2. The van der Waals surface area contributed by atoms with Crippen molar-refractivity contribution in [3.63, 3.8) is 0 Å². The lowest BCUT2D eigenvalue weighted by Gasteiger charge is -2.32. The molecule has 2 aromatic heterocycles. The molecule has 1 saturated carbocycles. The first-order chi connectivity index (χ1) is 16.5. The number of aromatic nitrogens is 4. The van der Waals surface area contributed by atoms with Gasteiger partial charge in [-0.15, -0.1) is 0 Å². The first-order valence-electron chi connectivity index (χ1n) is 11.2. The number of hydrogen-bond donors (Lipinski definition) is 2. The minimum atomic E-state index is -1.29. The van der Waals surface area contributed by atoms with Crippen LogP contribution in [0.25, 0.3) is 11.2 Å². The van der Waals surface area contributed by atoms with Crippen LogP contribution in [0, 0.1) is 5.92 Å². The van der Waals surface area contributed by atoms with Crippen LogP contribution in [0.4, 0.5) is 5.95 Å². The Morgan fingerprint density at radius 2 is 1.71 bits per heavy atom. The van der Waals surface area contributed by atoms with Crippen LogP contribution in [0.3, 0.4) is 0 Å². The van der Waals surface area contributed by atoms with Crippen LogP contribution in [-0.2, 0) is 23.7 Å². The molecule has 0 saturated heterocycles. The van der Waals surface area contributed by atoms with Gasteiger partial charge < -0.3 is 20.3 Å². The lowest BCUT2D eigenvalue weighted by atomic mass is 9.97. The number of anilines is 1. The van der Waals surface area contributed by atoms with E-state index in [1.807, 2.05) is 60.7 Å². The molecule has 174 valence electrons. The van der Waals surface area contributed by atoms with E-state index in [9.17, 15) is 5.11 Å². The second kappa shape index (κ2) is 9.24. The highest BCUT2D eigenvalue weighted by Crippen LogP contribution is 2.44. The minimum absolute atomic E-state index is 0.0506. The predicted octanol–water partition coefficient (Wildman–Crippen LogP) is 3.82. The Morgan fingerprint density at radius 1 is 1.03 bits per heavy atom. The van der Waals surface area contributed by atoms with Gasteiger partial charge in [0.15, 0.2) is 16.9 Å². The van der Waals surface area contributed by atoms with E-state index >= 15 is 0 Å². The number of ether oxygens (including phenoxy) is 2. The Labute approximate surface area is 197 Å². The van der Waals surface area contributed by atoms with E-state index in [1.165, 1.54) is 0 Å². The van der Waals surface area contributed by atoms with Gasteiger partial charge in [0.1, 0.15) is 6.61 Å². The summed E-state index contributed by atoms with van der Waals surface area (Å²) >= 11 is 0. The van der Waals surface area contributed by atoms with Crippen molar-refractivity contribution < 1.29 is 14.6 Å². The van der Waals surface area contributed by atoms with E-state index in [0.717, 1.165) is 16.7 Å². The molecule has 34 heavy (non-hydrogen) atoms. The number of nitrogen functional groups attached to an aromatic ring is 1. The maximum atomic E-state index is 11.8. The third-order valence-electron chi connectivity index (χ3n) is 6.28. The Hall–Kier alpha value is -3.75. The third kappa shape index (κ3) is 4.25. The van der Waals surface area contributed by atoms with Crippen molar-refractivity contribution in [2.45, 2.75) is 31.8 Å². The van der Waals surface area contributed by atoms with Crippen molar-refractivity contribution in [3.8, 4) is 5.88 Å². The number of imidazole rings is 1. The molecule has 2 aromatic carbocycles. The Balaban J connectivity index is 1.40. The molecular weight excluding hydrogens is 430 g/mol. The van der Waals surface area contributed by atoms with Gasteiger partial charge in [0.25, 0.3) is 0 Å². The summed E-state index contributed by atoms with van der Waals surface area (Å²) in [4.78, 5) is 13.1. The Morgan fingerprint density at radius 3 is 2.41 bits per heavy atom. The van der Waals surface area contributed by atoms with Crippen LogP contribution < -0.4 is 10.5 Å². The van der Waals surface area contributed by atoms with Crippen LogP contribution in [0.15, 0.2) is 79.1 Å². The smallest absolute Gasteiger partial charge is 0.247 e. The van der Waals surface area contributed by atoms with Gasteiger partial charge in [-0.25, -0.2) is 4.98 Å². The highest BCUT2D eigenvalue weighted by molar-refractivity contribution is 5.77. The summed E-state index contributed by atoms with van der Waals surface area (Å²) in [6.45, 7) is 5.28. The highest BCUT2D eigenvalue weighted by Gasteiger charge is 2.46. The normalized spacial score (nSPS) is 20.1. The zero-order chi connectivity index (χ0) is 23.5. The lowest BCUT2D eigenvalue weighted by Crippen LogP contribution is -2.39. The Bertz CT molecular complexity index is 1290. The van der Waals surface area contributed by atoms with Gasteiger partial charge in [-0.05, 0) is 24.0 Å². The predicted molar refractivity (Wildman–Crippen MR) is 129 cm³/mol. The van der Waals surface area contributed by atoms with E-state index < -0.39 is 5.72 Å². The van der Waals surface area contributed by atoms with Crippen LogP contribution in [0.2, 0.25) is 0 Å². The summed E-state index contributed by atoms with van der Waals surface area (Å²) < 4.78 is 13.6. The van der Waals surface area contributed by atoms with Crippen molar-refractivity contribution >= 4 is 17.1 Å². The monoisotopic (exact) mass is 457 g/mol. The number of hydrogen-bond acceptors (Lipinski definition) is 7. The van der Waals surface area contributed by atoms with Crippen molar-refractivity contribution in [1.82, 2.24) is 19.5 Å². The van der Waals surface area contributed by atoms with E-state index in [4.69, 9.17) is 15.2 Å². The number of nitrogens with zero attached hydrogens (tertiary/aromatic N) is 4. The number of rotatable bonds is 8. The number of fused-ring (bicyclic) bond motifs is 1. The van der Waals surface area contributed by atoms with Crippen molar-refractivity contribution in [2.75, 3.05) is 12.3 Å². The molecule has 8 heteroatoms.